The van der Waals surface area contributed by atoms with E-state index < -0.39 is 5.41 Å². The largest absolute Gasteiger partial charge is 0.486 e. The van der Waals surface area contributed by atoms with Gasteiger partial charge in [-0.1, -0.05) is 37.1 Å². The minimum atomic E-state index is -0.471. The van der Waals surface area contributed by atoms with Gasteiger partial charge in [-0.3, -0.25) is 4.79 Å². The predicted molar refractivity (Wildman–Crippen MR) is 115 cm³/mol. The molecule has 1 aliphatic heterocycles. The van der Waals surface area contributed by atoms with E-state index in [1.54, 1.807) is 0 Å². The van der Waals surface area contributed by atoms with Gasteiger partial charge in [0.25, 0.3) is 0 Å². The summed E-state index contributed by atoms with van der Waals surface area (Å²) in [6, 6.07) is 16.5. The summed E-state index contributed by atoms with van der Waals surface area (Å²) in [7, 11) is 2.07. The van der Waals surface area contributed by atoms with E-state index >= 15 is 0 Å². The van der Waals surface area contributed by atoms with Gasteiger partial charge in [-0.25, -0.2) is 0 Å². The molecule has 0 radical (unpaired) electrons. The molecule has 4 rings (SSSR count). The Morgan fingerprint density at radius 2 is 1.76 bits per heavy atom. The van der Waals surface area contributed by atoms with E-state index in [4.69, 9.17) is 9.47 Å². The van der Waals surface area contributed by atoms with Crippen LogP contribution in [0.1, 0.15) is 38.2 Å². The van der Waals surface area contributed by atoms with Crippen LogP contribution in [0.4, 0.5) is 5.69 Å². The number of rotatable bonds is 6. The van der Waals surface area contributed by atoms with Gasteiger partial charge in [-0.15, -0.1) is 0 Å². The van der Waals surface area contributed by atoms with Crippen molar-refractivity contribution in [2.75, 3.05) is 31.7 Å². The van der Waals surface area contributed by atoms with Crippen molar-refractivity contribution in [3.63, 3.8) is 0 Å². The lowest BCUT2D eigenvalue weighted by Crippen LogP contribution is -2.47. The highest BCUT2D eigenvalue weighted by molar-refractivity contribution is 5.89. The number of benzene rings is 2. The first-order valence-corrected chi connectivity index (χ1v) is 10.6. The standard InChI is InChI=1S/C24H30N2O3/c1-18(26(2)20-8-4-3-5-9-20)17-25-23(27)24(12-6-7-13-24)19-10-11-21-22(16-19)29-15-14-28-21/h3-5,8-11,16,18H,6-7,12-15,17H2,1-2H3,(H,25,27). The molecule has 1 N–H and O–H groups in total. The molecule has 2 aromatic rings. The molecule has 2 aliphatic rings. The van der Waals surface area contributed by atoms with Crippen molar-refractivity contribution in [2.24, 2.45) is 0 Å². The molecule has 0 spiro atoms. The highest BCUT2D eigenvalue weighted by atomic mass is 16.6. The van der Waals surface area contributed by atoms with Crippen molar-refractivity contribution in [2.45, 2.75) is 44.1 Å². The first-order chi connectivity index (χ1) is 14.1. The molecule has 1 amide bonds. The van der Waals surface area contributed by atoms with Gasteiger partial charge in [0, 0.05) is 25.3 Å². The molecule has 29 heavy (non-hydrogen) atoms. The van der Waals surface area contributed by atoms with Crippen LogP contribution in [-0.2, 0) is 10.2 Å². The Labute approximate surface area is 173 Å². The van der Waals surface area contributed by atoms with Crippen LogP contribution in [0.3, 0.4) is 0 Å². The maximum absolute atomic E-state index is 13.4. The molecular weight excluding hydrogens is 364 g/mol. The fraction of sp³-hybridized carbons (Fsp3) is 0.458. The van der Waals surface area contributed by atoms with Crippen molar-refractivity contribution in [1.82, 2.24) is 5.32 Å². The van der Waals surface area contributed by atoms with E-state index in [0.717, 1.165) is 48.4 Å². The second-order valence-electron chi connectivity index (χ2n) is 8.15. The average molecular weight is 395 g/mol. The number of anilines is 1. The summed E-state index contributed by atoms with van der Waals surface area (Å²) in [5.74, 6) is 1.65. The number of likely N-dealkylation sites (N-methyl/N-ethyl adjacent to an activating group) is 1. The molecule has 1 heterocycles. The number of nitrogens with one attached hydrogen (secondary N) is 1. The van der Waals surface area contributed by atoms with E-state index in [1.807, 2.05) is 36.4 Å². The highest BCUT2D eigenvalue weighted by Gasteiger charge is 2.43. The molecule has 2 aromatic carbocycles. The van der Waals surface area contributed by atoms with Gasteiger partial charge in [0.05, 0.1) is 5.41 Å². The van der Waals surface area contributed by atoms with E-state index in [0.29, 0.717) is 19.8 Å². The third kappa shape index (κ3) is 3.91. The molecule has 0 aromatic heterocycles. The second kappa shape index (κ2) is 8.36. The van der Waals surface area contributed by atoms with Gasteiger partial charge >= 0.3 is 0 Å². The van der Waals surface area contributed by atoms with Crippen molar-refractivity contribution < 1.29 is 14.3 Å². The molecule has 154 valence electrons. The highest BCUT2D eigenvalue weighted by Crippen LogP contribution is 2.44. The zero-order chi connectivity index (χ0) is 20.3. The minimum absolute atomic E-state index is 0.125. The maximum atomic E-state index is 13.4. The Hall–Kier alpha value is -2.69. The Kier molecular flexibility index (Phi) is 5.65. The minimum Gasteiger partial charge on any atom is -0.486 e. The lowest BCUT2D eigenvalue weighted by atomic mass is 9.77. The molecule has 1 aliphatic carbocycles. The number of nitrogens with zero attached hydrogens (tertiary/aromatic N) is 1. The Bertz CT molecular complexity index is 846. The topological polar surface area (TPSA) is 50.8 Å². The number of ether oxygens (including phenoxy) is 2. The molecular formula is C24H30N2O3. The van der Waals surface area contributed by atoms with Crippen LogP contribution in [0.25, 0.3) is 0 Å². The number of para-hydroxylation sites is 1. The summed E-state index contributed by atoms with van der Waals surface area (Å²) < 4.78 is 11.4. The van der Waals surface area contributed by atoms with Crippen molar-refractivity contribution in [3.05, 3.63) is 54.1 Å². The second-order valence-corrected chi connectivity index (χ2v) is 8.15. The molecule has 1 unspecified atom stereocenters. The molecule has 1 saturated carbocycles. The molecule has 0 bridgehead atoms. The number of hydrogen-bond donors (Lipinski definition) is 1. The Morgan fingerprint density at radius 3 is 2.48 bits per heavy atom. The summed E-state index contributed by atoms with van der Waals surface area (Å²) >= 11 is 0. The molecule has 5 nitrogen and oxygen atoms in total. The fourth-order valence-electron chi connectivity index (χ4n) is 4.43. The van der Waals surface area contributed by atoms with Gasteiger partial charge in [0.15, 0.2) is 11.5 Å². The molecule has 5 heteroatoms. The third-order valence-corrected chi connectivity index (χ3v) is 6.37. The maximum Gasteiger partial charge on any atom is 0.230 e. The SMILES string of the molecule is CC(CNC(=O)C1(c2ccc3c(c2)OCCO3)CCCC1)N(C)c1ccccc1. The van der Waals surface area contributed by atoms with E-state index in [9.17, 15) is 4.79 Å². The van der Waals surface area contributed by atoms with Crippen molar-refractivity contribution in [1.29, 1.82) is 0 Å². The van der Waals surface area contributed by atoms with Crippen LogP contribution in [0, 0.1) is 0 Å². The first-order valence-electron chi connectivity index (χ1n) is 10.6. The number of carbonyl (C=O) groups is 1. The van der Waals surface area contributed by atoms with Crippen LogP contribution < -0.4 is 19.7 Å². The quantitative estimate of drug-likeness (QED) is 0.807. The summed E-state index contributed by atoms with van der Waals surface area (Å²) in [5, 5.41) is 3.24. The monoisotopic (exact) mass is 394 g/mol. The molecule has 0 saturated heterocycles. The van der Waals surface area contributed by atoms with E-state index in [1.165, 1.54) is 0 Å². The number of fused-ring (bicyclic) bond motifs is 1. The van der Waals surface area contributed by atoms with Gasteiger partial charge in [-0.05, 0) is 49.6 Å². The van der Waals surface area contributed by atoms with Crippen LogP contribution >= 0.6 is 0 Å². The molecule has 1 fully saturated rings. The smallest absolute Gasteiger partial charge is 0.230 e. The van der Waals surface area contributed by atoms with Crippen LogP contribution in [-0.4, -0.2) is 38.8 Å². The van der Waals surface area contributed by atoms with Gasteiger partial charge in [0.1, 0.15) is 13.2 Å². The molecule has 1 atom stereocenters. The lowest BCUT2D eigenvalue weighted by molar-refractivity contribution is -0.126. The van der Waals surface area contributed by atoms with Crippen molar-refractivity contribution >= 4 is 11.6 Å². The summed E-state index contributed by atoms with van der Waals surface area (Å²) in [6.07, 6.45) is 3.89. The summed E-state index contributed by atoms with van der Waals surface area (Å²) in [6.45, 7) is 3.87. The number of carbonyl (C=O) groups excluding carboxylic acids is 1. The van der Waals surface area contributed by atoms with Crippen LogP contribution in [0.2, 0.25) is 0 Å². The van der Waals surface area contributed by atoms with E-state index in [2.05, 4.69) is 36.3 Å². The Morgan fingerprint density at radius 1 is 1.07 bits per heavy atom. The van der Waals surface area contributed by atoms with Crippen LogP contribution in [0.15, 0.2) is 48.5 Å². The number of amides is 1. The fourth-order valence-corrected chi connectivity index (χ4v) is 4.43. The van der Waals surface area contributed by atoms with Gasteiger partial charge in [0.2, 0.25) is 5.91 Å². The average Bonchev–Trinajstić information content (AvgIpc) is 3.28. The van der Waals surface area contributed by atoms with E-state index in [-0.39, 0.29) is 11.9 Å². The zero-order valence-corrected chi connectivity index (χ0v) is 17.3. The Balaban J connectivity index is 1.48. The first kappa shape index (κ1) is 19.6. The van der Waals surface area contributed by atoms with Crippen LogP contribution in [0.5, 0.6) is 11.5 Å². The number of hydrogen-bond acceptors (Lipinski definition) is 4. The third-order valence-electron chi connectivity index (χ3n) is 6.37. The lowest BCUT2D eigenvalue weighted by Gasteiger charge is -2.32. The van der Waals surface area contributed by atoms with Crippen molar-refractivity contribution in [3.8, 4) is 11.5 Å². The van der Waals surface area contributed by atoms with Gasteiger partial charge < -0.3 is 19.7 Å². The predicted octanol–water partition coefficient (Wildman–Crippen LogP) is 3.91. The normalized spacial score (nSPS) is 18.1. The summed E-state index contributed by atoms with van der Waals surface area (Å²) in [5.41, 5.74) is 1.72. The zero-order valence-electron chi connectivity index (χ0n) is 17.3. The summed E-state index contributed by atoms with van der Waals surface area (Å²) in [4.78, 5) is 15.6. The van der Waals surface area contributed by atoms with Gasteiger partial charge in [-0.2, -0.15) is 0 Å².